The highest BCUT2D eigenvalue weighted by Crippen LogP contribution is 2.17. The lowest BCUT2D eigenvalue weighted by Crippen LogP contribution is -2.41. The molecule has 0 spiro atoms. The van der Waals surface area contributed by atoms with E-state index in [1.165, 1.54) is 0 Å². The molecule has 2 heterocycles. The van der Waals surface area contributed by atoms with Gasteiger partial charge in [0.2, 0.25) is 0 Å². The summed E-state index contributed by atoms with van der Waals surface area (Å²) >= 11 is 0. The van der Waals surface area contributed by atoms with Crippen LogP contribution in [0, 0.1) is 5.92 Å². The van der Waals surface area contributed by atoms with Crippen molar-refractivity contribution in [2.45, 2.75) is 32.4 Å². The molecule has 0 aromatic carbocycles. The van der Waals surface area contributed by atoms with E-state index in [0.29, 0.717) is 18.1 Å². The Labute approximate surface area is 86.4 Å². The maximum absolute atomic E-state index is 5.78. The molecule has 3 heteroatoms. The van der Waals surface area contributed by atoms with Crippen LogP contribution in [0.5, 0.6) is 0 Å². The largest absolute Gasteiger partial charge is 0.378 e. The zero-order chi connectivity index (χ0) is 9.97. The molecule has 3 nitrogen and oxygen atoms in total. The van der Waals surface area contributed by atoms with E-state index in [1.54, 1.807) is 0 Å². The van der Waals surface area contributed by atoms with Crippen molar-refractivity contribution in [2.24, 2.45) is 5.92 Å². The van der Waals surface area contributed by atoms with Crippen LogP contribution in [0.4, 0.5) is 0 Å². The summed E-state index contributed by atoms with van der Waals surface area (Å²) in [6.07, 6.45) is 1.45. The third-order valence-corrected chi connectivity index (χ3v) is 3.19. The van der Waals surface area contributed by atoms with Crippen LogP contribution in [0.15, 0.2) is 0 Å². The molecule has 0 aromatic heterocycles. The van der Waals surface area contributed by atoms with Gasteiger partial charge in [0.1, 0.15) is 0 Å². The van der Waals surface area contributed by atoms with Gasteiger partial charge in [0, 0.05) is 25.0 Å². The predicted octanol–water partition coefficient (Wildman–Crippen LogP) is 1.13. The van der Waals surface area contributed by atoms with Gasteiger partial charge in [-0.2, -0.15) is 0 Å². The van der Waals surface area contributed by atoms with Crippen LogP contribution in [0.3, 0.4) is 0 Å². The fraction of sp³-hybridized carbons (Fsp3) is 1.00. The zero-order valence-corrected chi connectivity index (χ0v) is 9.24. The SMILES string of the molecule is CC(C)N1CCC2COCC(CO2)C1. The van der Waals surface area contributed by atoms with E-state index < -0.39 is 0 Å². The number of fused-ring (bicyclic) bond motifs is 3. The molecule has 0 radical (unpaired) electrons. The Kier molecular flexibility index (Phi) is 3.42. The molecule has 2 fully saturated rings. The molecule has 0 amide bonds. The van der Waals surface area contributed by atoms with Crippen LogP contribution in [0.2, 0.25) is 0 Å². The quantitative estimate of drug-likeness (QED) is 0.632. The van der Waals surface area contributed by atoms with Crippen LogP contribution >= 0.6 is 0 Å². The number of hydrogen-bond donors (Lipinski definition) is 0. The minimum atomic E-state index is 0.335. The Morgan fingerprint density at radius 3 is 2.86 bits per heavy atom. The summed E-state index contributed by atoms with van der Waals surface area (Å²) in [6.45, 7) is 9.38. The first-order chi connectivity index (χ1) is 6.75. The second kappa shape index (κ2) is 4.60. The number of rotatable bonds is 1. The molecule has 2 bridgehead atoms. The molecule has 2 unspecified atom stereocenters. The second-order valence-electron chi connectivity index (χ2n) is 4.74. The molecule has 2 rings (SSSR count). The van der Waals surface area contributed by atoms with E-state index in [2.05, 4.69) is 18.7 Å². The smallest absolute Gasteiger partial charge is 0.0820 e. The van der Waals surface area contributed by atoms with Crippen molar-refractivity contribution < 1.29 is 9.47 Å². The van der Waals surface area contributed by atoms with E-state index >= 15 is 0 Å². The van der Waals surface area contributed by atoms with Gasteiger partial charge in [0.05, 0.1) is 25.9 Å². The lowest BCUT2D eigenvalue weighted by Gasteiger charge is -2.32. The first-order valence-electron chi connectivity index (χ1n) is 5.69. The number of nitrogens with zero attached hydrogens (tertiary/aromatic N) is 1. The van der Waals surface area contributed by atoms with Gasteiger partial charge in [-0.25, -0.2) is 0 Å². The summed E-state index contributed by atoms with van der Waals surface area (Å²) in [5, 5.41) is 0. The summed E-state index contributed by atoms with van der Waals surface area (Å²) < 4.78 is 11.4. The molecule has 0 aromatic rings. The molecule has 14 heavy (non-hydrogen) atoms. The van der Waals surface area contributed by atoms with Crippen molar-refractivity contribution in [1.29, 1.82) is 0 Å². The van der Waals surface area contributed by atoms with Crippen LogP contribution in [0.1, 0.15) is 20.3 Å². The fourth-order valence-corrected chi connectivity index (χ4v) is 2.21. The normalized spacial score (nSPS) is 35.4. The topological polar surface area (TPSA) is 21.7 Å². The molecular formula is C11H21NO2. The molecule has 2 aliphatic rings. The van der Waals surface area contributed by atoms with E-state index in [4.69, 9.17) is 9.47 Å². The van der Waals surface area contributed by atoms with E-state index in [0.717, 1.165) is 39.3 Å². The standard InChI is InChI=1S/C11H21NO2/c1-9(2)12-4-3-11-8-13-6-10(5-12)7-14-11/h9-11H,3-8H2,1-2H3. The van der Waals surface area contributed by atoms with Gasteiger partial charge >= 0.3 is 0 Å². The van der Waals surface area contributed by atoms with Crippen LogP contribution < -0.4 is 0 Å². The summed E-state index contributed by atoms with van der Waals surface area (Å²) in [6, 6.07) is 0.648. The van der Waals surface area contributed by atoms with Gasteiger partial charge in [-0.15, -0.1) is 0 Å². The average molecular weight is 199 g/mol. The highest BCUT2D eigenvalue weighted by atomic mass is 16.5. The van der Waals surface area contributed by atoms with Gasteiger partial charge in [0.15, 0.2) is 0 Å². The lowest BCUT2D eigenvalue weighted by molar-refractivity contribution is -0.00271. The van der Waals surface area contributed by atoms with Crippen LogP contribution in [-0.2, 0) is 9.47 Å². The Morgan fingerprint density at radius 2 is 2.07 bits per heavy atom. The van der Waals surface area contributed by atoms with E-state index in [9.17, 15) is 0 Å². The fourth-order valence-electron chi connectivity index (χ4n) is 2.21. The third-order valence-electron chi connectivity index (χ3n) is 3.19. The maximum atomic E-state index is 5.78. The van der Waals surface area contributed by atoms with Crippen molar-refractivity contribution in [3.8, 4) is 0 Å². The molecule has 0 aliphatic carbocycles. The minimum Gasteiger partial charge on any atom is -0.378 e. The van der Waals surface area contributed by atoms with Crippen molar-refractivity contribution in [3.63, 3.8) is 0 Å². The molecule has 2 saturated heterocycles. The predicted molar refractivity (Wildman–Crippen MR) is 55.4 cm³/mol. The average Bonchev–Trinajstić information content (AvgIpc) is 2.26. The van der Waals surface area contributed by atoms with Gasteiger partial charge in [-0.3, -0.25) is 0 Å². The number of ether oxygens (including phenoxy) is 2. The molecule has 2 atom stereocenters. The van der Waals surface area contributed by atoms with E-state index in [1.807, 2.05) is 0 Å². The Balaban J connectivity index is 2.00. The molecule has 0 saturated carbocycles. The second-order valence-corrected chi connectivity index (χ2v) is 4.74. The van der Waals surface area contributed by atoms with Gasteiger partial charge in [-0.1, -0.05) is 0 Å². The van der Waals surface area contributed by atoms with Gasteiger partial charge < -0.3 is 14.4 Å². The summed E-state index contributed by atoms with van der Waals surface area (Å²) in [5.41, 5.74) is 0. The van der Waals surface area contributed by atoms with Crippen LogP contribution in [-0.4, -0.2) is 50.0 Å². The summed E-state index contributed by atoms with van der Waals surface area (Å²) in [5.74, 6) is 0.572. The maximum Gasteiger partial charge on any atom is 0.0820 e. The van der Waals surface area contributed by atoms with Crippen molar-refractivity contribution in [1.82, 2.24) is 4.90 Å². The third kappa shape index (κ3) is 2.47. The first kappa shape index (κ1) is 10.4. The van der Waals surface area contributed by atoms with Crippen molar-refractivity contribution in [3.05, 3.63) is 0 Å². The first-order valence-corrected chi connectivity index (χ1v) is 5.69. The Hall–Kier alpha value is -0.120. The molecular weight excluding hydrogens is 178 g/mol. The van der Waals surface area contributed by atoms with Crippen molar-refractivity contribution in [2.75, 3.05) is 32.9 Å². The van der Waals surface area contributed by atoms with Crippen LogP contribution in [0.25, 0.3) is 0 Å². The molecule has 82 valence electrons. The van der Waals surface area contributed by atoms with Crippen molar-refractivity contribution >= 4 is 0 Å². The highest BCUT2D eigenvalue weighted by molar-refractivity contribution is 4.76. The molecule has 0 N–H and O–H groups in total. The summed E-state index contributed by atoms with van der Waals surface area (Å²) in [7, 11) is 0. The zero-order valence-electron chi connectivity index (χ0n) is 9.24. The van der Waals surface area contributed by atoms with Gasteiger partial charge in [0.25, 0.3) is 0 Å². The Bertz CT molecular complexity index is 184. The number of hydrogen-bond acceptors (Lipinski definition) is 3. The molecule has 2 aliphatic heterocycles. The monoisotopic (exact) mass is 199 g/mol. The van der Waals surface area contributed by atoms with E-state index in [-0.39, 0.29) is 0 Å². The minimum absolute atomic E-state index is 0.335. The highest BCUT2D eigenvalue weighted by Gasteiger charge is 2.26. The summed E-state index contributed by atoms with van der Waals surface area (Å²) in [4.78, 5) is 2.55. The van der Waals surface area contributed by atoms with Gasteiger partial charge in [-0.05, 0) is 20.3 Å². The lowest BCUT2D eigenvalue weighted by atomic mass is 10.1. The Morgan fingerprint density at radius 1 is 1.21 bits per heavy atom.